The van der Waals surface area contributed by atoms with E-state index in [1.807, 2.05) is 0 Å². The van der Waals surface area contributed by atoms with Gasteiger partial charge < -0.3 is 15.2 Å². The quantitative estimate of drug-likeness (QED) is 0.832. The molecule has 0 atom stereocenters. The summed E-state index contributed by atoms with van der Waals surface area (Å²) in [6, 6.07) is 2.01. The molecule has 1 aliphatic rings. The second-order valence-electron chi connectivity index (χ2n) is 5.10. The van der Waals surface area contributed by atoms with Gasteiger partial charge in [-0.25, -0.2) is 0 Å². The summed E-state index contributed by atoms with van der Waals surface area (Å²) in [5.41, 5.74) is -0.0774. The van der Waals surface area contributed by atoms with Crippen molar-refractivity contribution < 1.29 is 4.79 Å². The zero-order valence-corrected chi connectivity index (χ0v) is 11.3. The van der Waals surface area contributed by atoms with Crippen molar-refractivity contribution >= 4 is 5.91 Å². The van der Waals surface area contributed by atoms with E-state index in [1.165, 1.54) is 44.1 Å². The van der Waals surface area contributed by atoms with Crippen LogP contribution in [0.4, 0.5) is 0 Å². The van der Waals surface area contributed by atoms with E-state index in [4.69, 9.17) is 0 Å². The van der Waals surface area contributed by atoms with E-state index in [9.17, 15) is 9.59 Å². The summed E-state index contributed by atoms with van der Waals surface area (Å²) in [4.78, 5) is 28.3. The lowest BCUT2D eigenvalue weighted by Gasteiger charge is -2.23. The highest BCUT2D eigenvalue weighted by atomic mass is 16.2. The number of aromatic nitrogens is 1. The van der Waals surface area contributed by atoms with Crippen molar-refractivity contribution in [3.63, 3.8) is 0 Å². The minimum absolute atomic E-state index is 0.172. The van der Waals surface area contributed by atoms with Gasteiger partial charge in [-0.15, -0.1) is 0 Å². The molecular weight excluding hydrogens is 242 g/mol. The number of hydrogen-bond donors (Lipinski definition) is 2. The predicted octanol–water partition coefficient (Wildman–Crippen LogP) is 0.979. The lowest BCUT2D eigenvalue weighted by atomic mass is 10.2. The third-order valence-corrected chi connectivity index (χ3v) is 3.77. The van der Waals surface area contributed by atoms with Crippen molar-refractivity contribution in [1.82, 2.24) is 15.2 Å². The van der Waals surface area contributed by atoms with Crippen molar-refractivity contribution in [1.29, 1.82) is 0 Å². The Balaban J connectivity index is 1.78. The first-order valence-electron chi connectivity index (χ1n) is 6.84. The Morgan fingerprint density at radius 3 is 2.89 bits per heavy atom. The molecule has 2 rings (SSSR count). The van der Waals surface area contributed by atoms with E-state index in [2.05, 4.69) is 22.2 Å². The molecular formula is C14H21N3O2. The number of likely N-dealkylation sites (N-methyl/N-ethyl adjacent to an activating group) is 1. The fourth-order valence-corrected chi connectivity index (χ4v) is 2.56. The molecule has 0 bridgehead atoms. The zero-order chi connectivity index (χ0) is 13.7. The van der Waals surface area contributed by atoms with Crippen molar-refractivity contribution in [3.05, 3.63) is 34.2 Å². The maximum absolute atomic E-state index is 11.8. The van der Waals surface area contributed by atoms with Crippen LogP contribution in [-0.4, -0.2) is 42.0 Å². The molecule has 5 nitrogen and oxygen atoms in total. The topological polar surface area (TPSA) is 65.2 Å². The SMILES string of the molecule is CN(CCNC(=O)c1c[nH]ccc1=O)C1CCCC1. The van der Waals surface area contributed by atoms with E-state index >= 15 is 0 Å². The third-order valence-electron chi connectivity index (χ3n) is 3.77. The molecule has 104 valence electrons. The number of hydrogen-bond acceptors (Lipinski definition) is 3. The number of carbonyl (C=O) groups is 1. The molecule has 0 spiro atoms. The van der Waals surface area contributed by atoms with Gasteiger partial charge >= 0.3 is 0 Å². The smallest absolute Gasteiger partial charge is 0.256 e. The molecule has 1 fully saturated rings. The number of amides is 1. The Hall–Kier alpha value is -1.62. The van der Waals surface area contributed by atoms with Crippen LogP contribution in [-0.2, 0) is 0 Å². The molecule has 2 N–H and O–H groups in total. The number of rotatable bonds is 5. The van der Waals surface area contributed by atoms with Gasteiger partial charge in [0.25, 0.3) is 5.91 Å². The van der Waals surface area contributed by atoms with Gasteiger partial charge in [-0.3, -0.25) is 9.59 Å². The Bertz CT molecular complexity index is 478. The second kappa shape index (κ2) is 6.52. The Labute approximate surface area is 113 Å². The third kappa shape index (κ3) is 3.67. The highest BCUT2D eigenvalue weighted by Crippen LogP contribution is 2.21. The molecule has 1 amide bonds. The number of carbonyl (C=O) groups excluding carboxylic acids is 1. The summed E-state index contributed by atoms with van der Waals surface area (Å²) >= 11 is 0. The van der Waals surface area contributed by atoms with Gasteiger partial charge in [0.05, 0.1) is 0 Å². The minimum Gasteiger partial charge on any atom is -0.367 e. The number of H-pyrrole nitrogens is 1. The lowest BCUT2D eigenvalue weighted by molar-refractivity contribution is 0.0945. The summed E-state index contributed by atoms with van der Waals surface area (Å²) in [5, 5.41) is 2.79. The fourth-order valence-electron chi connectivity index (χ4n) is 2.56. The maximum atomic E-state index is 11.8. The van der Waals surface area contributed by atoms with Crippen molar-refractivity contribution in [3.8, 4) is 0 Å². The molecule has 1 aliphatic carbocycles. The van der Waals surface area contributed by atoms with Crippen LogP contribution < -0.4 is 10.7 Å². The monoisotopic (exact) mass is 263 g/mol. The number of nitrogens with one attached hydrogen (secondary N) is 2. The largest absolute Gasteiger partial charge is 0.367 e. The average molecular weight is 263 g/mol. The van der Waals surface area contributed by atoms with Gasteiger partial charge in [-0.2, -0.15) is 0 Å². The summed E-state index contributed by atoms with van der Waals surface area (Å²) in [5.74, 6) is -0.304. The molecule has 19 heavy (non-hydrogen) atoms. The lowest BCUT2D eigenvalue weighted by Crippen LogP contribution is -2.38. The van der Waals surface area contributed by atoms with E-state index < -0.39 is 0 Å². The van der Waals surface area contributed by atoms with Crippen LogP contribution in [0.25, 0.3) is 0 Å². The number of nitrogens with zero attached hydrogens (tertiary/aromatic N) is 1. The van der Waals surface area contributed by atoms with Crippen LogP contribution in [0.2, 0.25) is 0 Å². The standard InChI is InChI=1S/C14H21N3O2/c1-17(11-4-2-3-5-11)9-8-16-14(19)12-10-15-7-6-13(12)18/h6-7,10-11H,2-5,8-9H2,1H3,(H,15,18)(H,16,19). The van der Waals surface area contributed by atoms with Crippen molar-refractivity contribution in [2.45, 2.75) is 31.7 Å². The van der Waals surface area contributed by atoms with Crippen LogP contribution in [0.5, 0.6) is 0 Å². The van der Waals surface area contributed by atoms with E-state index in [0.717, 1.165) is 6.54 Å². The van der Waals surface area contributed by atoms with Gasteiger partial charge in [-0.1, -0.05) is 12.8 Å². The van der Waals surface area contributed by atoms with Gasteiger partial charge in [-0.05, 0) is 19.9 Å². The molecule has 0 radical (unpaired) electrons. The Kier molecular flexibility index (Phi) is 4.74. The molecule has 0 aliphatic heterocycles. The van der Waals surface area contributed by atoms with E-state index in [-0.39, 0.29) is 16.9 Å². The van der Waals surface area contributed by atoms with Gasteiger partial charge in [0.15, 0.2) is 5.43 Å². The highest BCUT2D eigenvalue weighted by Gasteiger charge is 2.19. The minimum atomic E-state index is -0.304. The molecule has 1 aromatic rings. The predicted molar refractivity (Wildman–Crippen MR) is 74.3 cm³/mol. The van der Waals surface area contributed by atoms with Crippen molar-refractivity contribution in [2.75, 3.05) is 20.1 Å². The van der Waals surface area contributed by atoms with Crippen LogP contribution in [0.15, 0.2) is 23.3 Å². The van der Waals surface area contributed by atoms with Crippen LogP contribution in [0.1, 0.15) is 36.0 Å². The normalized spacial score (nSPS) is 15.9. The summed E-state index contributed by atoms with van der Waals surface area (Å²) in [7, 11) is 2.09. The first-order valence-corrected chi connectivity index (χ1v) is 6.84. The summed E-state index contributed by atoms with van der Waals surface area (Å²) < 4.78 is 0. The molecule has 0 unspecified atom stereocenters. The molecule has 1 saturated carbocycles. The molecule has 0 saturated heterocycles. The number of pyridine rings is 1. The molecule has 0 aromatic carbocycles. The summed E-state index contributed by atoms with van der Waals surface area (Å²) in [6.45, 7) is 1.39. The molecule has 1 heterocycles. The second-order valence-corrected chi connectivity index (χ2v) is 5.10. The molecule has 5 heteroatoms. The van der Waals surface area contributed by atoms with Gasteiger partial charge in [0.2, 0.25) is 0 Å². The highest BCUT2D eigenvalue weighted by molar-refractivity contribution is 5.93. The van der Waals surface area contributed by atoms with Crippen molar-refractivity contribution in [2.24, 2.45) is 0 Å². The van der Waals surface area contributed by atoms with Gasteiger partial charge in [0.1, 0.15) is 5.56 Å². The van der Waals surface area contributed by atoms with E-state index in [0.29, 0.717) is 12.6 Å². The fraction of sp³-hybridized carbons (Fsp3) is 0.571. The van der Waals surface area contributed by atoms with Crippen LogP contribution >= 0.6 is 0 Å². The van der Waals surface area contributed by atoms with Crippen LogP contribution in [0.3, 0.4) is 0 Å². The van der Waals surface area contributed by atoms with Crippen LogP contribution in [0, 0.1) is 0 Å². The first kappa shape index (κ1) is 13.8. The summed E-state index contributed by atoms with van der Waals surface area (Å²) in [6.07, 6.45) is 8.08. The Morgan fingerprint density at radius 2 is 2.21 bits per heavy atom. The zero-order valence-electron chi connectivity index (χ0n) is 11.3. The molecule has 1 aromatic heterocycles. The first-order chi connectivity index (χ1) is 9.18. The van der Waals surface area contributed by atoms with E-state index in [1.54, 1.807) is 0 Å². The maximum Gasteiger partial charge on any atom is 0.256 e. The Morgan fingerprint density at radius 1 is 1.47 bits per heavy atom. The van der Waals surface area contributed by atoms with Gasteiger partial charge in [0, 0.05) is 37.6 Å². The number of aromatic amines is 1. The average Bonchev–Trinajstić information content (AvgIpc) is 2.93.